The molecule has 1 fully saturated rings. The third-order valence-corrected chi connectivity index (χ3v) is 4.17. The highest BCUT2D eigenvalue weighted by Gasteiger charge is 2.32. The Hall–Kier alpha value is -1.00. The topological polar surface area (TPSA) is 21.3 Å². The van der Waals surface area contributed by atoms with Crippen molar-refractivity contribution >= 4 is 0 Å². The first-order valence-electron chi connectivity index (χ1n) is 7.29. The summed E-state index contributed by atoms with van der Waals surface area (Å²) in [5.74, 6) is -0.400. The first kappa shape index (κ1) is 15.4. The molecule has 1 unspecified atom stereocenters. The third kappa shape index (κ3) is 3.36. The van der Waals surface area contributed by atoms with Gasteiger partial charge in [-0.05, 0) is 57.7 Å². The van der Waals surface area contributed by atoms with Gasteiger partial charge in [-0.3, -0.25) is 0 Å². The maximum atomic E-state index is 13.9. The van der Waals surface area contributed by atoms with E-state index < -0.39 is 11.6 Å². The number of rotatable bonds is 6. The Bertz CT molecular complexity index is 458. The summed E-state index contributed by atoms with van der Waals surface area (Å²) in [5.41, 5.74) is 1.05. The van der Waals surface area contributed by atoms with E-state index in [1.54, 1.807) is 13.0 Å². The Morgan fingerprint density at radius 3 is 2.60 bits per heavy atom. The second-order valence-corrected chi connectivity index (χ2v) is 5.61. The van der Waals surface area contributed by atoms with Crippen LogP contribution in [-0.2, 0) is 4.74 Å². The van der Waals surface area contributed by atoms with E-state index in [2.05, 4.69) is 5.32 Å². The van der Waals surface area contributed by atoms with E-state index in [0.717, 1.165) is 31.9 Å². The molecule has 1 aromatic rings. The fourth-order valence-corrected chi connectivity index (χ4v) is 2.92. The molecule has 1 atom stereocenters. The van der Waals surface area contributed by atoms with Crippen molar-refractivity contribution in [1.82, 2.24) is 5.32 Å². The van der Waals surface area contributed by atoms with Crippen LogP contribution in [-0.4, -0.2) is 19.8 Å². The van der Waals surface area contributed by atoms with Gasteiger partial charge in [-0.15, -0.1) is 0 Å². The third-order valence-electron chi connectivity index (χ3n) is 4.17. The van der Waals surface area contributed by atoms with Gasteiger partial charge in [0.1, 0.15) is 11.6 Å². The molecule has 2 rings (SSSR count). The molecule has 1 N–H and O–H groups in total. The highest BCUT2D eigenvalue weighted by molar-refractivity contribution is 5.28. The van der Waals surface area contributed by atoms with Crippen LogP contribution in [0.3, 0.4) is 0 Å². The van der Waals surface area contributed by atoms with Crippen molar-refractivity contribution in [3.63, 3.8) is 0 Å². The molecule has 1 aliphatic rings. The van der Waals surface area contributed by atoms with Crippen LogP contribution in [0.15, 0.2) is 12.1 Å². The van der Waals surface area contributed by atoms with Crippen molar-refractivity contribution in [3.8, 4) is 0 Å². The summed E-state index contributed by atoms with van der Waals surface area (Å²) in [6.07, 6.45) is 3.30. The van der Waals surface area contributed by atoms with E-state index in [4.69, 9.17) is 4.74 Å². The minimum absolute atomic E-state index is 0.0677. The second kappa shape index (κ2) is 6.64. The quantitative estimate of drug-likeness (QED) is 0.858. The summed E-state index contributed by atoms with van der Waals surface area (Å²) in [5, 5.41) is 3.15. The van der Waals surface area contributed by atoms with Crippen LogP contribution >= 0.6 is 0 Å². The van der Waals surface area contributed by atoms with Gasteiger partial charge in [-0.2, -0.15) is 0 Å². The van der Waals surface area contributed by atoms with Crippen LogP contribution in [0.4, 0.5) is 8.78 Å². The molecule has 4 heteroatoms. The van der Waals surface area contributed by atoms with Gasteiger partial charge in [0.15, 0.2) is 0 Å². The minimum Gasteiger partial charge on any atom is -0.378 e. The lowest BCUT2D eigenvalue weighted by Crippen LogP contribution is -2.34. The number of halogens is 2. The van der Waals surface area contributed by atoms with E-state index in [0.29, 0.717) is 23.1 Å². The lowest BCUT2D eigenvalue weighted by atomic mass is 9.77. The largest absolute Gasteiger partial charge is 0.378 e. The Morgan fingerprint density at radius 1 is 1.30 bits per heavy atom. The Balaban J connectivity index is 2.01. The molecule has 0 amide bonds. The number of hydrogen-bond donors (Lipinski definition) is 1. The zero-order chi connectivity index (χ0) is 14.7. The molecule has 0 aromatic heterocycles. The molecule has 0 saturated heterocycles. The average molecular weight is 283 g/mol. The molecule has 112 valence electrons. The summed E-state index contributed by atoms with van der Waals surface area (Å²) in [6.45, 7) is 4.42. The predicted octanol–water partition coefficient (Wildman–Crippen LogP) is 3.74. The van der Waals surface area contributed by atoms with Crippen LogP contribution in [0.1, 0.15) is 43.4 Å². The van der Waals surface area contributed by atoms with E-state index in [1.165, 1.54) is 0 Å². The van der Waals surface area contributed by atoms with Gasteiger partial charge >= 0.3 is 0 Å². The predicted molar refractivity (Wildman–Crippen MR) is 75.7 cm³/mol. The van der Waals surface area contributed by atoms with Gasteiger partial charge in [0, 0.05) is 24.3 Å². The zero-order valence-corrected chi connectivity index (χ0v) is 12.4. The Labute approximate surface area is 119 Å². The first-order valence-corrected chi connectivity index (χ1v) is 7.29. The summed E-state index contributed by atoms with van der Waals surface area (Å²) in [4.78, 5) is 0. The van der Waals surface area contributed by atoms with E-state index >= 15 is 0 Å². The van der Waals surface area contributed by atoms with Crippen molar-refractivity contribution in [1.29, 1.82) is 0 Å². The molecule has 1 aromatic carbocycles. The molecular formula is C16H23F2NO. The molecule has 2 nitrogen and oxygen atoms in total. The molecule has 0 aliphatic heterocycles. The molecule has 1 saturated carbocycles. The van der Waals surface area contributed by atoms with Crippen LogP contribution in [0.2, 0.25) is 0 Å². The summed E-state index contributed by atoms with van der Waals surface area (Å²) >= 11 is 0. The lowest BCUT2D eigenvalue weighted by molar-refractivity contribution is -0.0290. The minimum atomic E-state index is -0.485. The van der Waals surface area contributed by atoms with Crippen LogP contribution in [0.25, 0.3) is 0 Å². The molecule has 0 heterocycles. The molecular weight excluding hydrogens is 260 g/mol. The van der Waals surface area contributed by atoms with Crippen LogP contribution in [0, 0.1) is 24.5 Å². The van der Waals surface area contributed by atoms with E-state index in [-0.39, 0.29) is 6.04 Å². The molecule has 0 radical (unpaired) electrons. The van der Waals surface area contributed by atoms with Gasteiger partial charge in [-0.1, -0.05) is 0 Å². The fourth-order valence-electron chi connectivity index (χ4n) is 2.92. The van der Waals surface area contributed by atoms with Crippen molar-refractivity contribution in [2.24, 2.45) is 5.92 Å². The fraction of sp³-hybridized carbons (Fsp3) is 0.625. The number of hydrogen-bond acceptors (Lipinski definition) is 2. The smallest absolute Gasteiger partial charge is 0.130 e. The number of nitrogens with one attached hydrogen (secondary N) is 1. The maximum absolute atomic E-state index is 13.9. The van der Waals surface area contributed by atoms with Crippen molar-refractivity contribution in [3.05, 3.63) is 34.9 Å². The summed E-state index contributed by atoms with van der Waals surface area (Å²) < 4.78 is 32.8. The van der Waals surface area contributed by atoms with E-state index in [9.17, 15) is 8.78 Å². The van der Waals surface area contributed by atoms with Gasteiger partial charge in [0.05, 0.1) is 6.10 Å². The van der Waals surface area contributed by atoms with E-state index in [1.807, 2.05) is 14.0 Å². The van der Waals surface area contributed by atoms with Gasteiger partial charge < -0.3 is 10.1 Å². The molecule has 0 bridgehead atoms. The standard InChI is InChI=1S/C16H23F2NO/c1-4-20-12-6-11(7-12)8-16(19-3)13-5-10(2)14(17)9-15(13)18/h5,9,11-12,16,19H,4,6-8H2,1-3H3. The molecule has 0 spiro atoms. The van der Waals surface area contributed by atoms with Gasteiger partial charge in [-0.25, -0.2) is 8.78 Å². The number of benzene rings is 1. The van der Waals surface area contributed by atoms with Crippen LogP contribution < -0.4 is 5.32 Å². The average Bonchev–Trinajstić information content (AvgIpc) is 2.37. The summed E-state index contributed by atoms with van der Waals surface area (Å²) in [7, 11) is 1.82. The van der Waals surface area contributed by atoms with Crippen molar-refractivity contribution in [2.45, 2.75) is 45.3 Å². The van der Waals surface area contributed by atoms with Crippen LogP contribution in [0.5, 0.6) is 0 Å². The highest BCUT2D eigenvalue weighted by atomic mass is 19.1. The van der Waals surface area contributed by atoms with Gasteiger partial charge in [0.2, 0.25) is 0 Å². The summed E-state index contributed by atoms with van der Waals surface area (Å²) in [6, 6.07) is 2.53. The maximum Gasteiger partial charge on any atom is 0.130 e. The number of ether oxygens (including phenoxy) is 1. The lowest BCUT2D eigenvalue weighted by Gasteiger charge is -2.37. The SMILES string of the molecule is CCOC1CC(CC(NC)c2cc(C)c(F)cc2F)C1. The Morgan fingerprint density at radius 2 is 2.00 bits per heavy atom. The van der Waals surface area contributed by atoms with Gasteiger partial charge in [0.25, 0.3) is 0 Å². The normalized spacial score (nSPS) is 23.4. The Kier molecular flexibility index (Phi) is 5.11. The molecule has 1 aliphatic carbocycles. The zero-order valence-electron chi connectivity index (χ0n) is 12.4. The first-order chi connectivity index (χ1) is 9.55. The van der Waals surface area contributed by atoms with Crippen molar-refractivity contribution in [2.75, 3.05) is 13.7 Å². The number of aryl methyl sites for hydroxylation is 1. The van der Waals surface area contributed by atoms with Crippen molar-refractivity contribution < 1.29 is 13.5 Å². The highest BCUT2D eigenvalue weighted by Crippen LogP contribution is 2.37. The monoisotopic (exact) mass is 283 g/mol. The molecule has 20 heavy (non-hydrogen) atoms. The second-order valence-electron chi connectivity index (χ2n) is 5.61.